The minimum absolute atomic E-state index is 0.0473. The van der Waals surface area contributed by atoms with E-state index in [2.05, 4.69) is 15.5 Å². The predicted molar refractivity (Wildman–Crippen MR) is 144 cm³/mol. The lowest BCUT2D eigenvalue weighted by atomic mass is 10.1. The van der Waals surface area contributed by atoms with E-state index in [0.717, 1.165) is 0 Å². The fourth-order valence-electron chi connectivity index (χ4n) is 4.65. The highest BCUT2D eigenvalue weighted by molar-refractivity contribution is 7.92. The van der Waals surface area contributed by atoms with Crippen LogP contribution in [-0.4, -0.2) is 67.8 Å². The number of carbonyl (C=O) groups is 2. The van der Waals surface area contributed by atoms with Gasteiger partial charge in [0.15, 0.2) is 15.7 Å². The first-order valence-electron chi connectivity index (χ1n) is 12.6. The number of carboxylic acid groups (broad SMARTS) is 1. The van der Waals surface area contributed by atoms with Crippen molar-refractivity contribution in [3.63, 3.8) is 0 Å². The molecule has 1 aliphatic carbocycles. The minimum atomic E-state index is -3.70. The number of aliphatic carboxylic acids is 1. The van der Waals surface area contributed by atoms with E-state index >= 15 is 0 Å². The van der Waals surface area contributed by atoms with Crippen molar-refractivity contribution < 1.29 is 27.9 Å². The second-order valence-electron chi connectivity index (χ2n) is 9.64. The topological polar surface area (TPSA) is 151 Å². The lowest BCUT2D eigenvalue weighted by Crippen LogP contribution is -2.44. The van der Waals surface area contributed by atoms with Crippen LogP contribution in [0.2, 0.25) is 0 Å². The van der Waals surface area contributed by atoms with Crippen LogP contribution in [0.15, 0.2) is 65.6 Å². The molecule has 2 fully saturated rings. The van der Waals surface area contributed by atoms with Crippen molar-refractivity contribution in [2.24, 2.45) is 0 Å². The average Bonchev–Trinajstić information content (AvgIpc) is 3.76. The number of aromatic nitrogens is 2. The first-order valence-corrected chi connectivity index (χ1v) is 14.1. The lowest BCUT2D eigenvalue weighted by molar-refractivity contribution is -0.135. The van der Waals surface area contributed by atoms with E-state index in [1.165, 1.54) is 0 Å². The van der Waals surface area contributed by atoms with Crippen molar-refractivity contribution in [2.45, 2.75) is 35.4 Å². The van der Waals surface area contributed by atoms with E-state index in [1.54, 1.807) is 60.7 Å². The SMILES string of the molecule is C[C@H]1COCCN1c1cc(C2(S(=O)(=O)c3ccccc3)CC2)nc(-c2ccc(NC(=O)NCC(=O)O)cc2)n1. The van der Waals surface area contributed by atoms with E-state index in [4.69, 9.17) is 19.8 Å². The Kier molecular flexibility index (Phi) is 7.23. The van der Waals surface area contributed by atoms with Crippen LogP contribution in [0.5, 0.6) is 0 Å². The molecule has 3 N–H and O–H groups in total. The number of nitrogens with one attached hydrogen (secondary N) is 2. The molecule has 0 bridgehead atoms. The molecular weight excluding hydrogens is 522 g/mol. The largest absolute Gasteiger partial charge is 0.480 e. The Labute approximate surface area is 226 Å². The number of benzene rings is 2. The van der Waals surface area contributed by atoms with Crippen LogP contribution in [0, 0.1) is 0 Å². The lowest BCUT2D eigenvalue weighted by Gasteiger charge is -2.34. The van der Waals surface area contributed by atoms with Crippen molar-refractivity contribution in [1.82, 2.24) is 15.3 Å². The summed E-state index contributed by atoms with van der Waals surface area (Å²) in [6.45, 7) is 3.22. The van der Waals surface area contributed by atoms with Gasteiger partial charge in [0, 0.05) is 23.9 Å². The number of sulfone groups is 1. The van der Waals surface area contributed by atoms with Gasteiger partial charge in [-0.15, -0.1) is 0 Å². The van der Waals surface area contributed by atoms with E-state index in [-0.39, 0.29) is 10.9 Å². The number of morpholine rings is 1. The molecule has 39 heavy (non-hydrogen) atoms. The van der Waals surface area contributed by atoms with Crippen LogP contribution in [0.3, 0.4) is 0 Å². The van der Waals surface area contributed by atoms with Gasteiger partial charge in [-0.05, 0) is 56.2 Å². The summed E-state index contributed by atoms with van der Waals surface area (Å²) >= 11 is 0. The molecule has 1 saturated carbocycles. The number of anilines is 2. The maximum Gasteiger partial charge on any atom is 0.323 e. The number of ether oxygens (including phenoxy) is 1. The summed E-state index contributed by atoms with van der Waals surface area (Å²) in [4.78, 5) is 34.5. The average molecular weight is 552 g/mol. The second kappa shape index (κ2) is 10.6. The molecule has 2 heterocycles. The van der Waals surface area contributed by atoms with Gasteiger partial charge in [0.2, 0.25) is 0 Å². The maximum atomic E-state index is 13.8. The second-order valence-corrected chi connectivity index (χ2v) is 11.9. The van der Waals surface area contributed by atoms with Gasteiger partial charge in [0.05, 0.1) is 29.8 Å². The molecule has 3 aromatic rings. The van der Waals surface area contributed by atoms with Gasteiger partial charge in [-0.25, -0.2) is 23.2 Å². The third kappa shape index (κ3) is 5.43. The summed E-state index contributed by atoms with van der Waals surface area (Å²) in [6.07, 6.45) is 0.931. The first kappa shape index (κ1) is 26.6. The minimum Gasteiger partial charge on any atom is -0.480 e. The van der Waals surface area contributed by atoms with Crippen molar-refractivity contribution >= 4 is 33.3 Å². The van der Waals surface area contributed by atoms with E-state index in [9.17, 15) is 18.0 Å². The molecular formula is C27H29N5O6S. The van der Waals surface area contributed by atoms with Crippen molar-refractivity contribution in [2.75, 3.05) is 36.5 Å². The van der Waals surface area contributed by atoms with Crippen LogP contribution < -0.4 is 15.5 Å². The molecule has 1 aromatic heterocycles. The summed E-state index contributed by atoms with van der Waals surface area (Å²) < 4.78 is 32.0. The molecule has 11 nitrogen and oxygen atoms in total. The van der Waals surface area contributed by atoms with E-state index < -0.39 is 33.1 Å². The number of nitrogens with zero attached hydrogens (tertiary/aromatic N) is 3. The molecule has 1 aliphatic heterocycles. The number of carboxylic acids is 1. The van der Waals surface area contributed by atoms with Crippen molar-refractivity contribution in [1.29, 1.82) is 0 Å². The van der Waals surface area contributed by atoms with Gasteiger partial charge in [0.25, 0.3) is 0 Å². The zero-order valence-electron chi connectivity index (χ0n) is 21.3. The molecule has 12 heteroatoms. The highest BCUT2D eigenvalue weighted by atomic mass is 32.2. The fraction of sp³-hybridized carbons (Fsp3) is 0.333. The zero-order valence-corrected chi connectivity index (χ0v) is 22.1. The highest BCUT2D eigenvalue weighted by Crippen LogP contribution is 2.55. The molecule has 1 saturated heterocycles. The highest BCUT2D eigenvalue weighted by Gasteiger charge is 2.58. The molecule has 1 atom stereocenters. The molecule has 5 rings (SSSR count). The van der Waals surface area contributed by atoms with Crippen LogP contribution in [0.4, 0.5) is 16.3 Å². The summed E-state index contributed by atoms with van der Waals surface area (Å²) in [5.41, 5.74) is 1.55. The number of hydrogen-bond acceptors (Lipinski definition) is 8. The number of amides is 2. The monoisotopic (exact) mass is 551 g/mol. The number of rotatable bonds is 8. The summed E-state index contributed by atoms with van der Waals surface area (Å²) in [5.74, 6) is -0.140. The number of urea groups is 1. The Balaban J connectivity index is 1.51. The van der Waals surface area contributed by atoms with Crippen LogP contribution in [0.1, 0.15) is 25.5 Å². The van der Waals surface area contributed by atoms with Crippen LogP contribution >= 0.6 is 0 Å². The summed E-state index contributed by atoms with van der Waals surface area (Å²) in [6, 6.07) is 16.4. The molecule has 0 spiro atoms. The predicted octanol–water partition coefficient (Wildman–Crippen LogP) is 3.04. The molecule has 0 radical (unpaired) electrons. The van der Waals surface area contributed by atoms with Crippen LogP contribution in [0.25, 0.3) is 11.4 Å². The molecule has 2 amide bonds. The number of carbonyl (C=O) groups excluding carboxylic acids is 1. The smallest absolute Gasteiger partial charge is 0.323 e. The van der Waals surface area contributed by atoms with Gasteiger partial charge in [-0.2, -0.15) is 0 Å². The summed E-state index contributed by atoms with van der Waals surface area (Å²) in [7, 11) is -3.70. The number of hydrogen-bond donors (Lipinski definition) is 3. The fourth-order valence-corrected chi connectivity index (χ4v) is 6.63. The van der Waals surface area contributed by atoms with E-state index in [1.807, 2.05) is 6.92 Å². The Morgan fingerprint density at radius 1 is 1.10 bits per heavy atom. The molecule has 2 aromatic carbocycles. The Hall–Kier alpha value is -4.03. The van der Waals surface area contributed by atoms with E-state index in [0.29, 0.717) is 61.2 Å². The molecule has 2 aliphatic rings. The Bertz CT molecular complexity index is 1480. The standard InChI is InChI=1S/C27H29N5O6S/c1-18-17-38-14-13-32(18)23-15-22(27(11-12-27)39(36,37)21-5-3-2-4-6-21)30-25(31-23)19-7-9-20(10-8-19)29-26(35)28-16-24(33)34/h2-10,15,18H,11-14,16-17H2,1H3,(H,33,34)(H2,28,29,35)/t18-/m0/s1. The van der Waals surface area contributed by atoms with Crippen molar-refractivity contribution in [3.8, 4) is 11.4 Å². The van der Waals surface area contributed by atoms with Gasteiger partial charge < -0.3 is 25.4 Å². The third-order valence-corrected chi connectivity index (χ3v) is 9.45. The van der Waals surface area contributed by atoms with Gasteiger partial charge in [-0.1, -0.05) is 18.2 Å². The van der Waals surface area contributed by atoms with Gasteiger partial charge in [-0.3, -0.25) is 4.79 Å². The molecule has 0 unspecified atom stereocenters. The first-order chi connectivity index (χ1) is 18.7. The normalized spacial score (nSPS) is 18.3. The van der Waals surface area contributed by atoms with Gasteiger partial charge in [0.1, 0.15) is 17.1 Å². The third-order valence-electron chi connectivity index (χ3n) is 6.91. The van der Waals surface area contributed by atoms with Gasteiger partial charge >= 0.3 is 12.0 Å². The Morgan fingerprint density at radius 2 is 1.82 bits per heavy atom. The quantitative estimate of drug-likeness (QED) is 0.384. The van der Waals surface area contributed by atoms with Crippen LogP contribution in [-0.2, 0) is 24.1 Å². The Morgan fingerprint density at radius 3 is 2.46 bits per heavy atom. The summed E-state index contributed by atoms with van der Waals surface area (Å²) in [5, 5.41) is 13.5. The maximum absolute atomic E-state index is 13.8. The van der Waals surface area contributed by atoms with Crippen molar-refractivity contribution in [3.05, 3.63) is 66.4 Å². The molecule has 204 valence electrons. The zero-order chi connectivity index (χ0) is 27.6.